The van der Waals surface area contributed by atoms with Gasteiger partial charge in [0.15, 0.2) is 0 Å². The zero-order valence-electron chi connectivity index (χ0n) is 13.6. The smallest absolute Gasteiger partial charge is 0.240 e. The zero-order chi connectivity index (χ0) is 16.9. The molecule has 6 heteroatoms. The van der Waals surface area contributed by atoms with Crippen LogP contribution in [-0.2, 0) is 10.0 Å². The van der Waals surface area contributed by atoms with E-state index in [1.165, 1.54) is 0 Å². The number of hydrogen-bond acceptors (Lipinski definition) is 4. The summed E-state index contributed by atoms with van der Waals surface area (Å²) in [5, 5.41) is 0. The van der Waals surface area contributed by atoms with Crippen LogP contribution < -0.4 is 14.4 Å². The minimum atomic E-state index is -3.52. The average Bonchev–Trinajstić information content (AvgIpc) is 2.55. The van der Waals surface area contributed by atoms with Gasteiger partial charge in [-0.15, -0.1) is 0 Å². The van der Waals surface area contributed by atoms with E-state index in [0.29, 0.717) is 18.8 Å². The van der Waals surface area contributed by atoms with Crippen molar-refractivity contribution in [3.63, 3.8) is 0 Å². The van der Waals surface area contributed by atoms with Crippen LogP contribution in [0.5, 0.6) is 5.75 Å². The zero-order valence-corrected chi connectivity index (χ0v) is 14.4. The molecule has 0 saturated carbocycles. The number of methoxy groups -OCH3 is 1. The van der Waals surface area contributed by atoms with E-state index in [-0.39, 0.29) is 4.90 Å². The first kappa shape index (κ1) is 17.3. The van der Waals surface area contributed by atoms with Crippen LogP contribution in [-0.4, -0.2) is 35.7 Å². The maximum Gasteiger partial charge on any atom is 0.240 e. The summed E-state index contributed by atoms with van der Waals surface area (Å²) in [7, 11) is -0.0225. The Bertz CT molecular complexity index is 746. The van der Waals surface area contributed by atoms with Crippen molar-refractivity contribution in [2.75, 3.05) is 32.1 Å². The lowest BCUT2D eigenvalue weighted by molar-refractivity contribution is 0.411. The molecule has 0 bridgehead atoms. The summed E-state index contributed by atoms with van der Waals surface area (Å²) in [6.45, 7) is 2.73. The molecule has 2 aromatic carbocycles. The lowest BCUT2D eigenvalue weighted by Crippen LogP contribution is -2.33. The molecule has 0 amide bonds. The standard InChI is InChI=1S/C17H22N2O3S/c1-14-13-16(9-10-17(14)22-3)23(20,21)18-11-12-19(2)15-7-5-4-6-8-15/h4-10,13,18H,11-12H2,1-3H3. The van der Waals surface area contributed by atoms with Gasteiger partial charge >= 0.3 is 0 Å². The first-order valence-corrected chi connectivity index (χ1v) is 8.83. The number of hydrogen-bond donors (Lipinski definition) is 1. The molecule has 0 radical (unpaired) electrons. The molecular weight excluding hydrogens is 312 g/mol. The molecule has 124 valence electrons. The van der Waals surface area contributed by atoms with Crippen molar-refractivity contribution in [3.05, 3.63) is 54.1 Å². The third-order valence-electron chi connectivity index (χ3n) is 3.61. The van der Waals surface area contributed by atoms with Crippen molar-refractivity contribution in [3.8, 4) is 5.75 Å². The summed E-state index contributed by atoms with van der Waals surface area (Å²) in [6, 6.07) is 14.7. The number of sulfonamides is 1. The predicted octanol–water partition coefficient (Wildman–Crippen LogP) is 2.42. The summed E-state index contributed by atoms with van der Waals surface area (Å²) >= 11 is 0. The Hall–Kier alpha value is -2.05. The molecule has 0 aliphatic carbocycles. The number of rotatable bonds is 7. The predicted molar refractivity (Wildman–Crippen MR) is 92.6 cm³/mol. The van der Waals surface area contributed by atoms with Gasteiger partial charge in [0.05, 0.1) is 12.0 Å². The summed E-state index contributed by atoms with van der Waals surface area (Å²) < 4.78 is 32.4. The molecule has 5 nitrogen and oxygen atoms in total. The Morgan fingerprint density at radius 2 is 1.83 bits per heavy atom. The highest BCUT2D eigenvalue weighted by atomic mass is 32.2. The van der Waals surface area contributed by atoms with Crippen LogP contribution in [0, 0.1) is 6.92 Å². The van der Waals surface area contributed by atoms with Gasteiger partial charge in [-0.05, 0) is 42.8 Å². The van der Waals surface area contributed by atoms with E-state index >= 15 is 0 Å². The Labute approximate surface area is 137 Å². The van der Waals surface area contributed by atoms with E-state index in [1.54, 1.807) is 25.3 Å². The number of nitrogens with zero attached hydrogens (tertiary/aromatic N) is 1. The number of anilines is 1. The van der Waals surface area contributed by atoms with E-state index in [4.69, 9.17) is 4.74 Å². The molecular formula is C17H22N2O3S. The van der Waals surface area contributed by atoms with Crippen LogP contribution >= 0.6 is 0 Å². The molecule has 23 heavy (non-hydrogen) atoms. The first-order chi connectivity index (χ1) is 10.9. The fraction of sp³-hybridized carbons (Fsp3) is 0.294. The van der Waals surface area contributed by atoms with Gasteiger partial charge in [-0.3, -0.25) is 0 Å². The third-order valence-corrected chi connectivity index (χ3v) is 5.07. The number of aryl methyl sites for hydroxylation is 1. The second-order valence-electron chi connectivity index (χ2n) is 5.29. The molecule has 1 N–H and O–H groups in total. The van der Waals surface area contributed by atoms with Gasteiger partial charge in [-0.1, -0.05) is 18.2 Å². The molecule has 2 rings (SSSR count). The van der Waals surface area contributed by atoms with E-state index in [9.17, 15) is 8.42 Å². The molecule has 0 aliphatic heterocycles. The van der Waals surface area contributed by atoms with Crippen molar-refractivity contribution < 1.29 is 13.2 Å². The summed E-state index contributed by atoms with van der Waals surface area (Å²) in [6.07, 6.45) is 0. The maximum atomic E-state index is 12.3. The molecule has 0 spiro atoms. The van der Waals surface area contributed by atoms with Crippen molar-refractivity contribution in [2.24, 2.45) is 0 Å². The molecule has 0 unspecified atom stereocenters. The number of para-hydroxylation sites is 1. The SMILES string of the molecule is COc1ccc(S(=O)(=O)NCCN(C)c2ccccc2)cc1C. The molecule has 0 aromatic heterocycles. The fourth-order valence-corrected chi connectivity index (χ4v) is 3.37. The minimum Gasteiger partial charge on any atom is -0.496 e. The van der Waals surface area contributed by atoms with E-state index in [0.717, 1.165) is 11.3 Å². The quantitative estimate of drug-likeness (QED) is 0.845. The topological polar surface area (TPSA) is 58.6 Å². The molecule has 0 heterocycles. The summed E-state index contributed by atoms with van der Waals surface area (Å²) in [5.41, 5.74) is 1.84. The summed E-state index contributed by atoms with van der Waals surface area (Å²) in [5.74, 6) is 0.674. The Morgan fingerprint density at radius 1 is 1.13 bits per heavy atom. The molecule has 0 atom stereocenters. The van der Waals surface area contributed by atoms with Gasteiger partial charge < -0.3 is 9.64 Å². The Morgan fingerprint density at radius 3 is 2.43 bits per heavy atom. The van der Waals surface area contributed by atoms with Crippen molar-refractivity contribution in [1.29, 1.82) is 0 Å². The number of ether oxygens (including phenoxy) is 1. The first-order valence-electron chi connectivity index (χ1n) is 7.34. The Balaban J connectivity index is 1.98. The van der Waals surface area contributed by atoms with Crippen molar-refractivity contribution >= 4 is 15.7 Å². The van der Waals surface area contributed by atoms with E-state index in [1.807, 2.05) is 49.2 Å². The van der Waals surface area contributed by atoms with Gasteiger partial charge in [-0.2, -0.15) is 0 Å². The second-order valence-corrected chi connectivity index (χ2v) is 7.05. The van der Waals surface area contributed by atoms with Gasteiger partial charge in [0.1, 0.15) is 5.75 Å². The number of benzene rings is 2. The minimum absolute atomic E-state index is 0.248. The van der Waals surface area contributed by atoms with E-state index in [2.05, 4.69) is 4.72 Å². The van der Waals surface area contributed by atoms with Crippen LogP contribution in [0.3, 0.4) is 0 Å². The molecule has 0 aliphatic rings. The van der Waals surface area contributed by atoms with E-state index < -0.39 is 10.0 Å². The third kappa shape index (κ3) is 4.46. The second kappa shape index (κ2) is 7.48. The highest BCUT2D eigenvalue weighted by molar-refractivity contribution is 7.89. The average molecular weight is 334 g/mol. The van der Waals surface area contributed by atoms with Gasteiger partial charge in [0, 0.05) is 25.8 Å². The monoisotopic (exact) mass is 334 g/mol. The van der Waals surface area contributed by atoms with Crippen LogP contribution in [0.2, 0.25) is 0 Å². The summed E-state index contributed by atoms with van der Waals surface area (Å²) in [4.78, 5) is 2.25. The largest absolute Gasteiger partial charge is 0.496 e. The number of likely N-dealkylation sites (N-methyl/N-ethyl adjacent to an activating group) is 1. The maximum absolute atomic E-state index is 12.3. The highest BCUT2D eigenvalue weighted by Crippen LogP contribution is 2.21. The lowest BCUT2D eigenvalue weighted by atomic mass is 10.2. The van der Waals surface area contributed by atoms with Crippen molar-refractivity contribution in [2.45, 2.75) is 11.8 Å². The Kier molecular flexibility index (Phi) is 5.63. The van der Waals surface area contributed by atoms with Crippen LogP contribution in [0.1, 0.15) is 5.56 Å². The van der Waals surface area contributed by atoms with Crippen LogP contribution in [0.15, 0.2) is 53.4 Å². The van der Waals surface area contributed by atoms with Gasteiger partial charge in [0.2, 0.25) is 10.0 Å². The van der Waals surface area contributed by atoms with Crippen molar-refractivity contribution in [1.82, 2.24) is 4.72 Å². The van der Waals surface area contributed by atoms with Gasteiger partial charge in [-0.25, -0.2) is 13.1 Å². The van der Waals surface area contributed by atoms with Gasteiger partial charge in [0.25, 0.3) is 0 Å². The molecule has 0 saturated heterocycles. The molecule has 2 aromatic rings. The normalized spacial score (nSPS) is 11.3. The number of nitrogens with one attached hydrogen (secondary N) is 1. The lowest BCUT2D eigenvalue weighted by Gasteiger charge is -2.19. The van der Waals surface area contributed by atoms with Crippen LogP contribution in [0.25, 0.3) is 0 Å². The molecule has 0 fully saturated rings. The highest BCUT2D eigenvalue weighted by Gasteiger charge is 2.15. The fourth-order valence-electron chi connectivity index (χ4n) is 2.26. The van der Waals surface area contributed by atoms with Crippen LogP contribution in [0.4, 0.5) is 5.69 Å².